The highest BCUT2D eigenvalue weighted by Gasteiger charge is 2.48. The zero-order chi connectivity index (χ0) is 8.77. The van der Waals surface area contributed by atoms with Gasteiger partial charge in [0, 0.05) is 6.42 Å². The summed E-state index contributed by atoms with van der Waals surface area (Å²) >= 11 is 0. The van der Waals surface area contributed by atoms with Gasteiger partial charge in [-0.15, -0.1) is 0 Å². The summed E-state index contributed by atoms with van der Waals surface area (Å²) in [4.78, 5) is 0. The van der Waals surface area contributed by atoms with Crippen molar-refractivity contribution < 1.29 is 14.6 Å². The molecule has 4 atom stereocenters. The van der Waals surface area contributed by atoms with Crippen LogP contribution in [0, 0.1) is 0 Å². The van der Waals surface area contributed by atoms with E-state index in [1.54, 1.807) is 6.92 Å². The van der Waals surface area contributed by atoms with Gasteiger partial charge >= 0.3 is 0 Å². The minimum absolute atomic E-state index is 0.113. The van der Waals surface area contributed by atoms with Crippen molar-refractivity contribution in [3.63, 3.8) is 0 Å². The normalized spacial score (nSPS) is 49.2. The summed E-state index contributed by atoms with van der Waals surface area (Å²) in [5, 5.41) is 9.41. The lowest BCUT2D eigenvalue weighted by atomic mass is 10.0. The zero-order valence-electron chi connectivity index (χ0n) is 7.62. The van der Waals surface area contributed by atoms with Crippen LogP contribution in [-0.2, 0) is 9.47 Å². The SMILES string of the molecule is C[C@@H](O)[C@@H]1O[C@@]2(C)CCC[C@H]1O2. The first-order valence-corrected chi connectivity index (χ1v) is 4.64. The van der Waals surface area contributed by atoms with Crippen molar-refractivity contribution in [2.75, 3.05) is 0 Å². The summed E-state index contributed by atoms with van der Waals surface area (Å²) in [6.45, 7) is 3.72. The Bertz CT molecular complexity index is 181. The smallest absolute Gasteiger partial charge is 0.166 e. The first kappa shape index (κ1) is 8.48. The van der Waals surface area contributed by atoms with Crippen LogP contribution in [0.15, 0.2) is 0 Å². The van der Waals surface area contributed by atoms with Crippen LogP contribution < -0.4 is 0 Å². The quantitative estimate of drug-likeness (QED) is 0.642. The van der Waals surface area contributed by atoms with Crippen LogP contribution in [0.1, 0.15) is 33.1 Å². The summed E-state index contributed by atoms with van der Waals surface area (Å²) in [7, 11) is 0. The summed E-state index contributed by atoms with van der Waals surface area (Å²) in [6, 6.07) is 0. The summed E-state index contributed by atoms with van der Waals surface area (Å²) in [5.74, 6) is -0.412. The Morgan fingerprint density at radius 2 is 2.25 bits per heavy atom. The first-order chi connectivity index (χ1) is 5.61. The van der Waals surface area contributed by atoms with E-state index in [-0.39, 0.29) is 12.2 Å². The van der Waals surface area contributed by atoms with Crippen molar-refractivity contribution in [3.8, 4) is 0 Å². The molecule has 2 bridgehead atoms. The standard InChI is InChI=1S/C9H16O3/c1-6(10)8-7-4-3-5-9(2,11-7)12-8/h6-8,10H,3-5H2,1-2H3/t6-,7-,8+,9+/m1/s1. The molecule has 0 aromatic rings. The van der Waals surface area contributed by atoms with E-state index in [1.165, 1.54) is 0 Å². The Labute approximate surface area is 72.7 Å². The van der Waals surface area contributed by atoms with Gasteiger partial charge in [-0.05, 0) is 26.7 Å². The Morgan fingerprint density at radius 1 is 1.50 bits per heavy atom. The molecule has 0 aromatic heterocycles. The first-order valence-electron chi connectivity index (χ1n) is 4.64. The van der Waals surface area contributed by atoms with Gasteiger partial charge < -0.3 is 14.6 Å². The Balaban J connectivity index is 2.12. The van der Waals surface area contributed by atoms with Crippen LogP contribution in [0.5, 0.6) is 0 Å². The largest absolute Gasteiger partial charge is 0.391 e. The molecule has 0 unspecified atom stereocenters. The number of aliphatic hydroxyl groups is 1. The summed E-state index contributed by atoms with van der Waals surface area (Å²) in [6.07, 6.45) is 2.69. The van der Waals surface area contributed by atoms with Gasteiger partial charge in [-0.25, -0.2) is 0 Å². The second-order valence-electron chi connectivity index (χ2n) is 4.01. The van der Waals surface area contributed by atoms with Crippen LogP contribution in [0.4, 0.5) is 0 Å². The maximum absolute atomic E-state index is 9.41. The molecule has 2 aliphatic rings. The Hall–Kier alpha value is -0.120. The molecule has 3 heteroatoms. The highest BCUT2D eigenvalue weighted by molar-refractivity contribution is 4.90. The highest BCUT2D eigenvalue weighted by Crippen LogP contribution is 2.40. The van der Waals surface area contributed by atoms with E-state index < -0.39 is 11.9 Å². The molecule has 0 aliphatic carbocycles. The predicted octanol–water partition coefficient (Wildman–Crippen LogP) is 1.05. The second kappa shape index (κ2) is 2.69. The van der Waals surface area contributed by atoms with Gasteiger partial charge in [0.1, 0.15) is 6.10 Å². The van der Waals surface area contributed by atoms with E-state index in [9.17, 15) is 5.11 Å². The maximum atomic E-state index is 9.41. The van der Waals surface area contributed by atoms with Gasteiger partial charge in [-0.1, -0.05) is 0 Å². The molecule has 2 aliphatic heterocycles. The molecule has 0 aromatic carbocycles. The minimum Gasteiger partial charge on any atom is -0.391 e. The third-order valence-electron chi connectivity index (χ3n) is 2.75. The predicted molar refractivity (Wildman–Crippen MR) is 43.7 cm³/mol. The van der Waals surface area contributed by atoms with Crippen LogP contribution in [0.2, 0.25) is 0 Å². The number of fused-ring (bicyclic) bond motifs is 2. The molecule has 2 saturated heterocycles. The van der Waals surface area contributed by atoms with Crippen LogP contribution in [0.3, 0.4) is 0 Å². The Morgan fingerprint density at radius 3 is 2.83 bits per heavy atom. The third kappa shape index (κ3) is 1.26. The second-order valence-corrected chi connectivity index (χ2v) is 4.01. The van der Waals surface area contributed by atoms with Crippen molar-refractivity contribution in [2.45, 2.75) is 57.2 Å². The maximum Gasteiger partial charge on any atom is 0.166 e. The van der Waals surface area contributed by atoms with Gasteiger partial charge in [-0.2, -0.15) is 0 Å². The van der Waals surface area contributed by atoms with Crippen molar-refractivity contribution in [3.05, 3.63) is 0 Å². The van der Waals surface area contributed by atoms with Gasteiger partial charge in [0.15, 0.2) is 5.79 Å². The van der Waals surface area contributed by atoms with Crippen molar-refractivity contribution in [1.82, 2.24) is 0 Å². The van der Waals surface area contributed by atoms with E-state index >= 15 is 0 Å². The average Bonchev–Trinajstić information content (AvgIpc) is 2.22. The topological polar surface area (TPSA) is 38.7 Å². The minimum atomic E-state index is -0.421. The number of hydrogen-bond donors (Lipinski definition) is 1. The molecule has 1 N–H and O–H groups in total. The van der Waals surface area contributed by atoms with Crippen molar-refractivity contribution in [2.24, 2.45) is 0 Å². The van der Waals surface area contributed by atoms with Crippen molar-refractivity contribution in [1.29, 1.82) is 0 Å². The fourth-order valence-corrected chi connectivity index (χ4v) is 2.15. The van der Waals surface area contributed by atoms with E-state index in [1.807, 2.05) is 6.92 Å². The molecule has 0 radical (unpaired) electrons. The number of ether oxygens (including phenoxy) is 2. The molecular formula is C9H16O3. The fourth-order valence-electron chi connectivity index (χ4n) is 2.15. The lowest BCUT2D eigenvalue weighted by Crippen LogP contribution is -2.32. The van der Waals surface area contributed by atoms with E-state index in [0.29, 0.717) is 0 Å². The third-order valence-corrected chi connectivity index (χ3v) is 2.75. The number of aliphatic hydroxyl groups excluding tert-OH is 1. The molecule has 70 valence electrons. The number of hydrogen-bond acceptors (Lipinski definition) is 3. The average molecular weight is 172 g/mol. The number of rotatable bonds is 1. The molecule has 0 amide bonds. The van der Waals surface area contributed by atoms with Gasteiger partial charge in [0.05, 0.1) is 12.2 Å². The summed E-state index contributed by atoms with van der Waals surface area (Å²) in [5.41, 5.74) is 0. The highest BCUT2D eigenvalue weighted by atomic mass is 16.8. The Kier molecular flexibility index (Phi) is 1.90. The van der Waals surface area contributed by atoms with Gasteiger partial charge in [-0.3, -0.25) is 0 Å². The molecule has 2 fully saturated rings. The molecule has 2 heterocycles. The fraction of sp³-hybridized carbons (Fsp3) is 1.00. The van der Waals surface area contributed by atoms with Crippen LogP contribution in [-0.4, -0.2) is 29.2 Å². The van der Waals surface area contributed by atoms with Crippen LogP contribution in [0.25, 0.3) is 0 Å². The van der Waals surface area contributed by atoms with E-state index in [4.69, 9.17) is 9.47 Å². The zero-order valence-corrected chi connectivity index (χ0v) is 7.62. The summed E-state index contributed by atoms with van der Waals surface area (Å²) < 4.78 is 11.3. The lowest BCUT2D eigenvalue weighted by molar-refractivity contribution is -0.183. The van der Waals surface area contributed by atoms with Crippen molar-refractivity contribution >= 4 is 0 Å². The molecule has 0 spiro atoms. The van der Waals surface area contributed by atoms with E-state index in [0.717, 1.165) is 19.3 Å². The molecule has 12 heavy (non-hydrogen) atoms. The van der Waals surface area contributed by atoms with E-state index in [2.05, 4.69) is 0 Å². The monoisotopic (exact) mass is 172 g/mol. The lowest BCUT2D eigenvalue weighted by Gasteiger charge is -2.26. The molecular weight excluding hydrogens is 156 g/mol. The molecule has 2 rings (SSSR count). The van der Waals surface area contributed by atoms with Crippen LogP contribution >= 0.6 is 0 Å². The molecule has 3 nitrogen and oxygen atoms in total. The van der Waals surface area contributed by atoms with Gasteiger partial charge in [0.25, 0.3) is 0 Å². The molecule has 0 saturated carbocycles. The van der Waals surface area contributed by atoms with Gasteiger partial charge in [0.2, 0.25) is 0 Å².